The molecule has 0 aliphatic rings. The minimum Gasteiger partial charge on any atom is -0.481 e. The summed E-state index contributed by atoms with van der Waals surface area (Å²) in [7, 11) is 0. The molecule has 0 saturated heterocycles. The number of hydrogen-bond acceptors (Lipinski definition) is 6. The van der Waals surface area contributed by atoms with Crippen LogP contribution in [0.25, 0.3) is 11.5 Å². The van der Waals surface area contributed by atoms with E-state index in [-0.39, 0.29) is 17.9 Å². The van der Waals surface area contributed by atoms with Gasteiger partial charge in [-0.1, -0.05) is 20.8 Å². The number of aromatic nitrogens is 7. The molecule has 108 valence electrons. The van der Waals surface area contributed by atoms with Crippen LogP contribution in [0, 0.1) is 5.41 Å². The van der Waals surface area contributed by atoms with Crippen LogP contribution in [0.4, 0.5) is 0 Å². The standard InChI is InChI=1S/C11H17N7O2/c1-11(2,3)5-7(4-9(19)20)18-10(14-16-17-18)8-6-12-15-13-8/h6-7H,4-5H2,1-3H3,(H,19,20)(H,12,13,15). The highest BCUT2D eigenvalue weighted by atomic mass is 16.4. The van der Waals surface area contributed by atoms with E-state index in [0.717, 1.165) is 0 Å². The molecule has 2 aromatic rings. The Morgan fingerprint density at radius 1 is 1.50 bits per heavy atom. The molecule has 0 aromatic carbocycles. The molecule has 2 rings (SSSR count). The Hall–Kier alpha value is -2.32. The van der Waals surface area contributed by atoms with Gasteiger partial charge in [-0.05, 0) is 22.3 Å². The lowest BCUT2D eigenvalue weighted by atomic mass is 9.87. The second-order valence-electron chi connectivity index (χ2n) is 5.82. The fourth-order valence-electron chi connectivity index (χ4n) is 2.07. The van der Waals surface area contributed by atoms with Gasteiger partial charge in [0.05, 0.1) is 18.7 Å². The summed E-state index contributed by atoms with van der Waals surface area (Å²) in [6.45, 7) is 6.13. The summed E-state index contributed by atoms with van der Waals surface area (Å²) in [6.07, 6.45) is 2.08. The van der Waals surface area contributed by atoms with Crippen molar-refractivity contribution in [2.75, 3.05) is 0 Å². The molecule has 20 heavy (non-hydrogen) atoms. The molecule has 0 aliphatic heterocycles. The number of tetrazole rings is 1. The lowest BCUT2D eigenvalue weighted by molar-refractivity contribution is -0.138. The normalized spacial score (nSPS) is 13.3. The van der Waals surface area contributed by atoms with Crippen LogP contribution >= 0.6 is 0 Å². The van der Waals surface area contributed by atoms with Crippen molar-refractivity contribution in [1.82, 2.24) is 35.6 Å². The number of carboxylic acid groups (broad SMARTS) is 1. The predicted octanol–water partition coefficient (Wildman–Crippen LogP) is 0.910. The van der Waals surface area contributed by atoms with Crippen LogP contribution in [0.15, 0.2) is 6.20 Å². The lowest BCUT2D eigenvalue weighted by Gasteiger charge is -2.25. The van der Waals surface area contributed by atoms with Crippen LogP contribution in [-0.2, 0) is 4.79 Å². The minimum atomic E-state index is -0.888. The minimum absolute atomic E-state index is 0.0485. The number of carboxylic acids is 1. The van der Waals surface area contributed by atoms with E-state index in [1.165, 1.54) is 10.9 Å². The van der Waals surface area contributed by atoms with E-state index in [4.69, 9.17) is 5.11 Å². The fourth-order valence-corrected chi connectivity index (χ4v) is 2.07. The van der Waals surface area contributed by atoms with Gasteiger partial charge in [-0.25, -0.2) is 4.68 Å². The SMILES string of the molecule is CC(C)(C)CC(CC(=O)O)n1nnnc1-c1cn[nH]n1. The molecule has 1 atom stereocenters. The van der Waals surface area contributed by atoms with Crippen LogP contribution in [0.5, 0.6) is 0 Å². The molecule has 0 saturated carbocycles. The zero-order valence-electron chi connectivity index (χ0n) is 11.6. The third kappa shape index (κ3) is 3.37. The summed E-state index contributed by atoms with van der Waals surface area (Å²) in [4.78, 5) is 11.1. The van der Waals surface area contributed by atoms with E-state index in [1.807, 2.05) is 20.8 Å². The first-order valence-electron chi connectivity index (χ1n) is 6.22. The van der Waals surface area contributed by atoms with E-state index in [0.29, 0.717) is 17.9 Å². The number of aromatic amines is 1. The van der Waals surface area contributed by atoms with Gasteiger partial charge in [0.25, 0.3) is 0 Å². The number of nitrogens with one attached hydrogen (secondary N) is 1. The van der Waals surface area contributed by atoms with Gasteiger partial charge in [0, 0.05) is 0 Å². The van der Waals surface area contributed by atoms with Crippen molar-refractivity contribution in [2.45, 2.75) is 39.7 Å². The molecule has 9 nitrogen and oxygen atoms in total. The van der Waals surface area contributed by atoms with E-state index in [1.54, 1.807) is 0 Å². The van der Waals surface area contributed by atoms with Gasteiger partial charge < -0.3 is 5.11 Å². The van der Waals surface area contributed by atoms with Gasteiger partial charge in [0.15, 0.2) is 5.69 Å². The van der Waals surface area contributed by atoms with E-state index >= 15 is 0 Å². The Balaban J connectivity index is 2.34. The third-order valence-electron chi connectivity index (χ3n) is 2.74. The lowest BCUT2D eigenvalue weighted by Crippen LogP contribution is -2.22. The van der Waals surface area contributed by atoms with Crippen LogP contribution in [-0.4, -0.2) is 46.7 Å². The monoisotopic (exact) mass is 279 g/mol. The molecule has 0 radical (unpaired) electrons. The van der Waals surface area contributed by atoms with Crippen molar-refractivity contribution in [3.05, 3.63) is 6.20 Å². The highest BCUT2D eigenvalue weighted by Gasteiger charge is 2.27. The Labute approximate surface area is 115 Å². The first-order chi connectivity index (χ1) is 9.37. The van der Waals surface area contributed by atoms with Crippen LogP contribution in [0.2, 0.25) is 0 Å². The van der Waals surface area contributed by atoms with Crippen molar-refractivity contribution < 1.29 is 9.90 Å². The van der Waals surface area contributed by atoms with Crippen LogP contribution < -0.4 is 0 Å². The number of hydrogen-bond donors (Lipinski definition) is 2. The van der Waals surface area contributed by atoms with Crippen LogP contribution in [0.3, 0.4) is 0 Å². The first-order valence-corrected chi connectivity index (χ1v) is 6.22. The molecule has 0 aliphatic carbocycles. The van der Waals surface area contributed by atoms with Crippen molar-refractivity contribution in [1.29, 1.82) is 0 Å². The molecule has 9 heteroatoms. The van der Waals surface area contributed by atoms with E-state index in [9.17, 15) is 4.79 Å². The molecule has 1 unspecified atom stereocenters. The maximum absolute atomic E-state index is 11.1. The molecule has 0 amide bonds. The number of H-pyrrole nitrogens is 1. The average Bonchev–Trinajstić information content (AvgIpc) is 2.96. The Kier molecular flexibility index (Phi) is 3.77. The summed E-state index contributed by atoms with van der Waals surface area (Å²) in [5, 5.41) is 30.7. The Morgan fingerprint density at radius 2 is 2.25 bits per heavy atom. The molecule has 2 heterocycles. The zero-order valence-corrected chi connectivity index (χ0v) is 11.6. The van der Waals surface area contributed by atoms with Gasteiger partial charge in [-0.2, -0.15) is 15.4 Å². The fraction of sp³-hybridized carbons (Fsp3) is 0.636. The average molecular weight is 279 g/mol. The third-order valence-corrected chi connectivity index (χ3v) is 2.74. The van der Waals surface area contributed by atoms with Gasteiger partial charge in [0.2, 0.25) is 5.82 Å². The highest BCUT2D eigenvalue weighted by Crippen LogP contribution is 2.31. The molecule has 0 fully saturated rings. The Bertz CT molecular complexity index is 570. The number of aliphatic carboxylic acids is 1. The summed E-state index contributed by atoms with van der Waals surface area (Å²) < 4.78 is 1.51. The molecular weight excluding hydrogens is 262 g/mol. The highest BCUT2D eigenvalue weighted by molar-refractivity contribution is 5.67. The van der Waals surface area contributed by atoms with Crippen LogP contribution in [0.1, 0.15) is 39.7 Å². The molecule has 2 N–H and O–H groups in total. The van der Waals surface area contributed by atoms with Gasteiger partial charge in [-0.15, -0.1) is 5.10 Å². The van der Waals surface area contributed by atoms with Gasteiger partial charge in [-0.3, -0.25) is 4.79 Å². The Morgan fingerprint density at radius 3 is 2.80 bits per heavy atom. The summed E-state index contributed by atoms with van der Waals surface area (Å²) in [5.41, 5.74) is 0.437. The van der Waals surface area contributed by atoms with Gasteiger partial charge >= 0.3 is 5.97 Å². The smallest absolute Gasteiger partial charge is 0.305 e. The van der Waals surface area contributed by atoms with Crippen molar-refractivity contribution in [3.8, 4) is 11.5 Å². The number of carbonyl (C=O) groups is 1. The van der Waals surface area contributed by atoms with E-state index < -0.39 is 5.97 Å². The number of nitrogens with zero attached hydrogens (tertiary/aromatic N) is 6. The topological polar surface area (TPSA) is 122 Å². The summed E-state index contributed by atoms with van der Waals surface area (Å²) in [6, 6.07) is -0.339. The van der Waals surface area contributed by atoms with Crippen molar-refractivity contribution >= 4 is 5.97 Å². The summed E-state index contributed by atoms with van der Waals surface area (Å²) in [5.74, 6) is -0.477. The molecule has 2 aromatic heterocycles. The second-order valence-corrected chi connectivity index (χ2v) is 5.82. The summed E-state index contributed by atoms with van der Waals surface area (Å²) >= 11 is 0. The van der Waals surface area contributed by atoms with Crippen molar-refractivity contribution in [2.24, 2.45) is 5.41 Å². The maximum Gasteiger partial charge on any atom is 0.305 e. The molecule has 0 bridgehead atoms. The molecule has 0 spiro atoms. The first kappa shape index (κ1) is 14.1. The predicted molar refractivity (Wildman–Crippen MR) is 68.6 cm³/mol. The van der Waals surface area contributed by atoms with Crippen molar-refractivity contribution in [3.63, 3.8) is 0 Å². The quantitative estimate of drug-likeness (QED) is 0.833. The zero-order chi connectivity index (χ0) is 14.8. The van der Waals surface area contributed by atoms with E-state index in [2.05, 4.69) is 30.9 Å². The number of rotatable bonds is 5. The maximum atomic E-state index is 11.1. The van der Waals surface area contributed by atoms with Gasteiger partial charge in [0.1, 0.15) is 0 Å². The largest absolute Gasteiger partial charge is 0.481 e. The second kappa shape index (κ2) is 5.35. The molecular formula is C11H17N7O2.